The first kappa shape index (κ1) is 19.1. The highest BCUT2D eigenvalue weighted by Gasteiger charge is 2.21. The first-order valence-electron chi connectivity index (χ1n) is 10.2. The van der Waals surface area contributed by atoms with Crippen LogP contribution in [0.3, 0.4) is 0 Å². The fraction of sp³-hybridized carbons (Fsp3) is 0.364. The first-order valence-corrected chi connectivity index (χ1v) is 10.2. The summed E-state index contributed by atoms with van der Waals surface area (Å²) in [7, 11) is 0. The number of nitrogens with zero attached hydrogens (tertiary/aromatic N) is 4. The number of rotatable bonds is 7. The van der Waals surface area contributed by atoms with Gasteiger partial charge in [0.2, 0.25) is 5.91 Å². The third-order valence-electron chi connectivity index (χ3n) is 5.28. The Morgan fingerprint density at radius 1 is 1.07 bits per heavy atom. The van der Waals surface area contributed by atoms with Gasteiger partial charge < -0.3 is 15.2 Å². The maximum absolute atomic E-state index is 12.3. The molecule has 1 amide bonds. The number of nitrogens with one attached hydrogen (secondary N) is 2. The SMILES string of the molecule is O=C(CNc1cccnc1)NC1CCc2nnc(CCc3ccccc3)n2CC1. The molecular formula is C22H26N6O. The second-order valence-corrected chi connectivity index (χ2v) is 7.36. The van der Waals surface area contributed by atoms with Crippen molar-refractivity contribution >= 4 is 11.6 Å². The highest BCUT2D eigenvalue weighted by molar-refractivity contribution is 5.80. The number of carbonyl (C=O) groups is 1. The van der Waals surface area contributed by atoms with Crippen LogP contribution in [0.5, 0.6) is 0 Å². The van der Waals surface area contributed by atoms with Crippen LogP contribution in [0.4, 0.5) is 5.69 Å². The van der Waals surface area contributed by atoms with E-state index in [1.165, 1.54) is 5.56 Å². The van der Waals surface area contributed by atoms with E-state index in [9.17, 15) is 4.79 Å². The molecule has 150 valence electrons. The molecule has 4 rings (SSSR count). The van der Waals surface area contributed by atoms with Gasteiger partial charge in [0.05, 0.1) is 12.2 Å². The molecule has 0 fully saturated rings. The van der Waals surface area contributed by atoms with Crippen LogP contribution in [0.2, 0.25) is 0 Å². The quantitative estimate of drug-likeness (QED) is 0.647. The molecule has 0 radical (unpaired) electrons. The van der Waals surface area contributed by atoms with Crippen molar-refractivity contribution < 1.29 is 4.79 Å². The second-order valence-electron chi connectivity index (χ2n) is 7.36. The minimum atomic E-state index is 0.000759. The number of aromatic nitrogens is 4. The fourth-order valence-corrected chi connectivity index (χ4v) is 3.71. The van der Waals surface area contributed by atoms with Crippen LogP contribution in [0, 0.1) is 0 Å². The maximum atomic E-state index is 12.3. The third-order valence-corrected chi connectivity index (χ3v) is 5.28. The number of hydrogen-bond acceptors (Lipinski definition) is 5. The summed E-state index contributed by atoms with van der Waals surface area (Å²) in [6, 6.07) is 14.3. The van der Waals surface area contributed by atoms with E-state index in [1.807, 2.05) is 18.2 Å². The summed E-state index contributed by atoms with van der Waals surface area (Å²) in [6.45, 7) is 1.09. The van der Waals surface area contributed by atoms with Gasteiger partial charge in [-0.2, -0.15) is 0 Å². The number of anilines is 1. The molecule has 29 heavy (non-hydrogen) atoms. The zero-order valence-electron chi connectivity index (χ0n) is 16.4. The molecule has 3 heterocycles. The van der Waals surface area contributed by atoms with Gasteiger partial charge in [-0.15, -0.1) is 10.2 Å². The number of pyridine rings is 1. The largest absolute Gasteiger partial charge is 0.375 e. The average molecular weight is 390 g/mol. The van der Waals surface area contributed by atoms with Crippen molar-refractivity contribution in [2.45, 2.75) is 44.7 Å². The smallest absolute Gasteiger partial charge is 0.239 e. The monoisotopic (exact) mass is 390 g/mol. The highest BCUT2D eigenvalue weighted by atomic mass is 16.2. The Morgan fingerprint density at radius 3 is 2.79 bits per heavy atom. The summed E-state index contributed by atoms with van der Waals surface area (Å²) in [5.74, 6) is 2.06. The molecule has 1 aliphatic rings. The van der Waals surface area contributed by atoms with Crippen molar-refractivity contribution in [1.82, 2.24) is 25.1 Å². The number of amides is 1. The lowest BCUT2D eigenvalue weighted by Gasteiger charge is -2.16. The Balaban J connectivity index is 1.28. The summed E-state index contributed by atoms with van der Waals surface area (Å²) in [5, 5.41) is 15.1. The van der Waals surface area contributed by atoms with Crippen molar-refractivity contribution in [2.75, 3.05) is 11.9 Å². The summed E-state index contributed by atoms with van der Waals surface area (Å²) in [4.78, 5) is 16.3. The molecular weight excluding hydrogens is 364 g/mol. The summed E-state index contributed by atoms with van der Waals surface area (Å²) in [6.07, 6.45) is 7.87. The molecule has 0 aliphatic carbocycles. The molecule has 1 aromatic carbocycles. The Bertz CT molecular complexity index is 925. The second kappa shape index (κ2) is 9.32. The lowest BCUT2D eigenvalue weighted by molar-refractivity contribution is -0.120. The van der Waals surface area contributed by atoms with E-state index >= 15 is 0 Å². The number of fused-ring (bicyclic) bond motifs is 1. The van der Waals surface area contributed by atoms with E-state index in [0.29, 0.717) is 0 Å². The van der Waals surface area contributed by atoms with Gasteiger partial charge in [-0.05, 0) is 37.0 Å². The molecule has 1 unspecified atom stereocenters. The molecule has 0 saturated carbocycles. The maximum Gasteiger partial charge on any atom is 0.239 e. The Labute approximate surface area is 170 Å². The molecule has 2 aromatic heterocycles. The van der Waals surface area contributed by atoms with Gasteiger partial charge in [-0.25, -0.2) is 0 Å². The molecule has 0 bridgehead atoms. The predicted octanol–water partition coefficient (Wildman–Crippen LogP) is 2.39. The van der Waals surface area contributed by atoms with E-state index in [0.717, 1.165) is 56.0 Å². The van der Waals surface area contributed by atoms with Gasteiger partial charge in [0.15, 0.2) is 0 Å². The zero-order chi connectivity index (χ0) is 19.9. The van der Waals surface area contributed by atoms with Crippen molar-refractivity contribution in [3.05, 3.63) is 72.1 Å². The van der Waals surface area contributed by atoms with Crippen LogP contribution >= 0.6 is 0 Å². The number of hydrogen-bond donors (Lipinski definition) is 2. The van der Waals surface area contributed by atoms with Gasteiger partial charge >= 0.3 is 0 Å². The standard InChI is InChI=1S/C22H26N6O/c29-22(16-24-19-7-4-13-23-15-19)25-18-9-11-21-27-26-20(28(21)14-12-18)10-8-17-5-2-1-3-6-17/h1-7,13,15,18,24H,8-12,14,16H2,(H,25,29). The molecule has 7 nitrogen and oxygen atoms in total. The van der Waals surface area contributed by atoms with E-state index < -0.39 is 0 Å². The zero-order valence-corrected chi connectivity index (χ0v) is 16.4. The highest BCUT2D eigenvalue weighted by Crippen LogP contribution is 2.17. The summed E-state index contributed by atoms with van der Waals surface area (Å²) >= 11 is 0. The van der Waals surface area contributed by atoms with Crippen LogP contribution in [0.25, 0.3) is 0 Å². The minimum Gasteiger partial charge on any atom is -0.375 e. The average Bonchev–Trinajstić information content (AvgIpc) is 3.05. The number of aryl methyl sites for hydroxylation is 3. The summed E-state index contributed by atoms with van der Waals surface area (Å²) in [5.41, 5.74) is 2.16. The van der Waals surface area contributed by atoms with Crippen molar-refractivity contribution in [1.29, 1.82) is 0 Å². The Morgan fingerprint density at radius 2 is 1.97 bits per heavy atom. The molecule has 3 aromatic rings. The molecule has 1 aliphatic heterocycles. The van der Waals surface area contributed by atoms with Crippen LogP contribution in [-0.4, -0.2) is 38.2 Å². The minimum absolute atomic E-state index is 0.000759. The van der Waals surface area contributed by atoms with Crippen LogP contribution in [0.15, 0.2) is 54.9 Å². The van der Waals surface area contributed by atoms with E-state index in [-0.39, 0.29) is 18.5 Å². The van der Waals surface area contributed by atoms with Crippen LogP contribution in [0.1, 0.15) is 30.1 Å². The van der Waals surface area contributed by atoms with Crippen molar-refractivity contribution in [3.8, 4) is 0 Å². The molecule has 7 heteroatoms. The van der Waals surface area contributed by atoms with Gasteiger partial charge in [0, 0.05) is 37.8 Å². The van der Waals surface area contributed by atoms with Crippen molar-refractivity contribution in [3.63, 3.8) is 0 Å². The Kier molecular flexibility index (Phi) is 6.14. The first-order chi connectivity index (χ1) is 14.3. The van der Waals surface area contributed by atoms with Crippen molar-refractivity contribution in [2.24, 2.45) is 0 Å². The topological polar surface area (TPSA) is 84.7 Å². The summed E-state index contributed by atoms with van der Waals surface area (Å²) < 4.78 is 2.24. The lowest BCUT2D eigenvalue weighted by Crippen LogP contribution is -2.38. The predicted molar refractivity (Wildman–Crippen MR) is 111 cm³/mol. The molecule has 1 atom stereocenters. The lowest BCUT2D eigenvalue weighted by atomic mass is 10.1. The van der Waals surface area contributed by atoms with Gasteiger partial charge in [-0.3, -0.25) is 9.78 Å². The Hall–Kier alpha value is -3.22. The molecule has 0 spiro atoms. The van der Waals surface area contributed by atoms with Crippen LogP contribution < -0.4 is 10.6 Å². The molecule has 2 N–H and O–H groups in total. The number of carbonyl (C=O) groups excluding carboxylic acids is 1. The van der Waals surface area contributed by atoms with E-state index in [1.54, 1.807) is 12.4 Å². The van der Waals surface area contributed by atoms with Gasteiger partial charge in [0.25, 0.3) is 0 Å². The van der Waals surface area contributed by atoms with E-state index in [4.69, 9.17) is 0 Å². The van der Waals surface area contributed by atoms with E-state index in [2.05, 4.69) is 54.6 Å². The van der Waals surface area contributed by atoms with Gasteiger partial charge in [0.1, 0.15) is 11.6 Å². The van der Waals surface area contributed by atoms with Gasteiger partial charge in [-0.1, -0.05) is 30.3 Å². The normalized spacial score (nSPS) is 15.9. The number of benzene rings is 1. The van der Waals surface area contributed by atoms with Crippen LogP contribution in [-0.2, 0) is 30.6 Å². The molecule has 0 saturated heterocycles. The third kappa shape index (κ3) is 5.19. The fourth-order valence-electron chi connectivity index (χ4n) is 3.71.